The monoisotopic (exact) mass is 694 g/mol. The molecule has 10 atom stereocenters. The van der Waals surface area contributed by atoms with Crippen LogP contribution in [0.5, 0.6) is 0 Å². The van der Waals surface area contributed by atoms with Crippen LogP contribution in [0.25, 0.3) is 22.3 Å². The minimum absolute atomic E-state index is 0.0109. The highest BCUT2D eigenvalue weighted by molar-refractivity contribution is 8.07. The Morgan fingerprint density at radius 3 is 2.38 bits per heavy atom. The van der Waals surface area contributed by atoms with Crippen LogP contribution in [-0.4, -0.2) is 98.8 Å². The SMILES string of the molecule is Nc1nc2c(ncn2[C@@H]2O[C@@H]3COP(=O)(O)O[C@H]4[C@H](F)C(n5cnc6c(N)ncnc65)O[C@@H]4COP(O)(=S)O[C@H]2[C@@H]3F)c(=O)[nH]1. The first-order chi connectivity index (χ1) is 21.3. The average molecular weight is 694 g/mol. The summed E-state index contributed by atoms with van der Waals surface area (Å²) in [6.45, 7) is -6.06. The van der Waals surface area contributed by atoms with E-state index in [-0.39, 0.29) is 34.1 Å². The second-order valence-electron chi connectivity index (χ2n) is 10.0. The number of hydrogen-bond donors (Lipinski definition) is 5. The molecule has 0 spiro atoms. The van der Waals surface area contributed by atoms with Gasteiger partial charge in [-0.2, -0.15) is 4.98 Å². The van der Waals surface area contributed by atoms with Gasteiger partial charge < -0.3 is 35.3 Å². The maximum atomic E-state index is 15.9. The first kappa shape index (κ1) is 30.6. The number of hydrogen-bond acceptors (Lipinski definition) is 16. The number of imidazole rings is 2. The fourth-order valence-corrected chi connectivity index (χ4v) is 7.59. The first-order valence-electron chi connectivity index (χ1n) is 12.9. The van der Waals surface area contributed by atoms with Gasteiger partial charge in [0.05, 0.1) is 25.9 Å². The van der Waals surface area contributed by atoms with Crippen LogP contribution in [0.4, 0.5) is 20.5 Å². The molecule has 25 heteroatoms. The summed E-state index contributed by atoms with van der Waals surface area (Å²) in [5.74, 6) is -0.274. The van der Waals surface area contributed by atoms with Crippen molar-refractivity contribution in [3.05, 3.63) is 29.3 Å². The molecule has 0 saturated carbocycles. The molecule has 2 bridgehead atoms. The van der Waals surface area contributed by atoms with E-state index >= 15 is 8.78 Å². The van der Waals surface area contributed by atoms with Gasteiger partial charge >= 0.3 is 14.5 Å². The third-order valence-corrected chi connectivity index (χ3v) is 9.78. The molecule has 7 heterocycles. The Balaban J connectivity index is 1.21. The van der Waals surface area contributed by atoms with E-state index in [4.69, 9.17) is 50.8 Å². The molecule has 3 fully saturated rings. The Labute approximate surface area is 253 Å². The Morgan fingerprint density at radius 1 is 0.911 bits per heavy atom. The molecule has 3 saturated heterocycles. The molecule has 242 valence electrons. The fourth-order valence-electron chi connectivity index (χ4n) is 5.23. The zero-order chi connectivity index (χ0) is 31.8. The van der Waals surface area contributed by atoms with E-state index in [1.807, 2.05) is 0 Å². The number of aromatic nitrogens is 8. The quantitative estimate of drug-likeness (QED) is 0.169. The van der Waals surface area contributed by atoms with Gasteiger partial charge in [0.1, 0.15) is 36.3 Å². The minimum atomic E-state index is -5.15. The lowest BCUT2D eigenvalue weighted by molar-refractivity contribution is -0.0630. The molecule has 0 aliphatic carbocycles. The van der Waals surface area contributed by atoms with Crippen molar-refractivity contribution in [1.82, 2.24) is 39.0 Å². The number of aromatic amines is 1. The summed E-state index contributed by atoms with van der Waals surface area (Å²) in [4.78, 5) is 55.9. The number of anilines is 2. The number of nitrogens with zero attached hydrogens (tertiary/aromatic N) is 7. The second kappa shape index (κ2) is 11.0. The van der Waals surface area contributed by atoms with Crippen molar-refractivity contribution in [2.75, 3.05) is 24.7 Å². The first-order valence-corrected chi connectivity index (χ1v) is 17.0. The van der Waals surface area contributed by atoms with Crippen LogP contribution < -0.4 is 17.0 Å². The summed E-state index contributed by atoms with van der Waals surface area (Å²) in [6.07, 6.45) is -10.7. The van der Waals surface area contributed by atoms with Crippen molar-refractivity contribution in [3.8, 4) is 0 Å². The second-order valence-corrected chi connectivity index (χ2v) is 14.2. The summed E-state index contributed by atoms with van der Waals surface area (Å²) in [5.41, 5.74) is 10.7. The number of nitrogen functional groups attached to an aromatic ring is 2. The summed E-state index contributed by atoms with van der Waals surface area (Å²) in [7, 11) is -5.15. The van der Waals surface area contributed by atoms with Crippen molar-refractivity contribution in [3.63, 3.8) is 0 Å². The molecule has 4 aromatic heterocycles. The summed E-state index contributed by atoms with van der Waals surface area (Å²) >= 11 is 5.13. The predicted octanol–water partition coefficient (Wildman–Crippen LogP) is -0.271. The molecule has 3 aliphatic heterocycles. The number of phosphoric acid groups is 1. The van der Waals surface area contributed by atoms with Crippen molar-refractivity contribution in [2.45, 2.75) is 49.2 Å². The standard InChI is InChI=1S/C20H22F2N10O10P2S/c21-8-6-1-37-43(34,35)41-12-7(40-18(9(12)22)31-4-27-10-14(23)25-3-26-15(10)31)2-38-44(36,45)42-13(8)19(39-6)32-5-28-11-16(32)29-20(24)30-17(11)33/h3-9,12-13,18-19H,1-2H2,(H,34,35)(H,36,45)(H2,23,25,26)(H3,24,29,30,33)/t6-,7-,8-,9+,12-,13+,18?,19-,44?/m1/s1. The number of fused-ring (bicyclic) bond motifs is 5. The summed E-state index contributed by atoms with van der Waals surface area (Å²) in [5, 5.41) is 0. The van der Waals surface area contributed by atoms with Crippen LogP contribution in [0, 0.1) is 0 Å². The zero-order valence-corrected chi connectivity index (χ0v) is 24.9. The van der Waals surface area contributed by atoms with Crippen LogP contribution in [0.3, 0.4) is 0 Å². The highest BCUT2D eigenvalue weighted by atomic mass is 32.5. The third-order valence-electron chi connectivity index (χ3n) is 7.23. The smallest absolute Gasteiger partial charge is 0.382 e. The highest BCUT2D eigenvalue weighted by Crippen LogP contribution is 2.54. The highest BCUT2D eigenvalue weighted by Gasteiger charge is 2.54. The molecule has 7 N–H and O–H groups in total. The molecule has 3 aliphatic rings. The van der Waals surface area contributed by atoms with Gasteiger partial charge in [-0.3, -0.25) is 32.5 Å². The number of rotatable bonds is 2. The molecule has 0 aromatic carbocycles. The molecule has 0 radical (unpaired) electrons. The Kier molecular flexibility index (Phi) is 7.49. The van der Waals surface area contributed by atoms with Gasteiger partial charge in [-0.1, -0.05) is 0 Å². The molecule has 20 nitrogen and oxygen atoms in total. The molecular formula is C20H22F2N10O10P2S. The maximum Gasteiger partial charge on any atom is 0.472 e. The lowest BCUT2D eigenvalue weighted by Gasteiger charge is -2.27. The van der Waals surface area contributed by atoms with Gasteiger partial charge in [-0.25, -0.2) is 33.3 Å². The van der Waals surface area contributed by atoms with E-state index in [0.29, 0.717) is 0 Å². The van der Waals surface area contributed by atoms with E-state index in [2.05, 4.69) is 29.9 Å². The van der Waals surface area contributed by atoms with Crippen LogP contribution in [0.1, 0.15) is 12.5 Å². The molecule has 45 heavy (non-hydrogen) atoms. The van der Waals surface area contributed by atoms with Crippen LogP contribution in [-0.2, 0) is 43.9 Å². The van der Waals surface area contributed by atoms with E-state index in [9.17, 15) is 19.1 Å². The van der Waals surface area contributed by atoms with Crippen molar-refractivity contribution in [1.29, 1.82) is 0 Å². The number of halogens is 2. The van der Waals surface area contributed by atoms with Crippen LogP contribution >= 0.6 is 14.5 Å². The fraction of sp³-hybridized carbons (Fsp3) is 0.500. The van der Waals surface area contributed by atoms with Crippen LogP contribution in [0.15, 0.2) is 23.8 Å². The van der Waals surface area contributed by atoms with Gasteiger partial charge in [0.15, 0.2) is 47.4 Å². The molecule has 7 rings (SSSR count). The largest absolute Gasteiger partial charge is 0.472 e. The Morgan fingerprint density at radius 2 is 1.60 bits per heavy atom. The number of nitrogens with two attached hydrogens (primary N) is 2. The number of alkyl halides is 2. The lowest BCUT2D eigenvalue weighted by Crippen LogP contribution is -2.34. The normalized spacial score (nSPS) is 37.7. The molecule has 3 unspecified atom stereocenters. The molecule has 0 amide bonds. The Hall–Kier alpha value is -3.08. The van der Waals surface area contributed by atoms with Crippen LogP contribution in [0.2, 0.25) is 0 Å². The maximum absolute atomic E-state index is 15.9. The molecular weight excluding hydrogens is 672 g/mol. The molecule has 4 aromatic rings. The summed E-state index contributed by atoms with van der Waals surface area (Å²) in [6, 6.07) is 0. The third kappa shape index (κ3) is 5.42. The van der Waals surface area contributed by atoms with Crippen molar-refractivity contribution < 1.29 is 50.7 Å². The minimum Gasteiger partial charge on any atom is -0.382 e. The van der Waals surface area contributed by atoms with E-state index < -0.39 is 82.5 Å². The number of H-pyrrole nitrogens is 1. The summed E-state index contributed by atoms with van der Waals surface area (Å²) < 4.78 is 79.6. The van der Waals surface area contributed by atoms with Gasteiger partial charge in [0, 0.05) is 0 Å². The van der Waals surface area contributed by atoms with Crippen molar-refractivity contribution >= 4 is 60.4 Å². The van der Waals surface area contributed by atoms with E-state index in [0.717, 1.165) is 17.2 Å². The Bertz CT molecular complexity index is 1950. The zero-order valence-electron chi connectivity index (χ0n) is 22.3. The topological polar surface area (TPSA) is 272 Å². The van der Waals surface area contributed by atoms with E-state index in [1.165, 1.54) is 10.9 Å². The average Bonchev–Trinajstić information content (AvgIpc) is 3.72. The van der Waals surface area contributed by atoms with Gasteiger partial charge in [-0.05, 0) is 11.8 Å². The van der Waals surface area contributed by atoms with Gasteiger partial charge in [-0.15, -0.1) is 0 Å². The number of ether oxygens (including phenoxy) is 2. The van der Waals surface area contributed by atoms with E-state index in [1.54, 1.807) is 0 Å². The lowest BCUT2D eigenvalue weighted by atomic mass is 10.1. The van der Waals surface area contributed by atoms with Gasteiger partial charge in [0.2, 0.25) is 5.95 Å². The van der Waals surface area contributed by atoms with Crippen molar-refractivity contribution in [2.24, 2.45) is 0 Å². The predicted molar refractivity (Wildman–Crippen MR) is 148 cm³/mol. The number of nitrogens with one attached hydrogen (secondary N) is 1. The van der Waals surface area contributed by atoms with Gasteiger partial charge in [0.25, 0.3) is 5.56 Å². The number of phosphoric ester groups is 1.